The lowest BCUT2D eigenvalue weighted by Crippen LogP contribution is -2.39. The first-order valence-corrected chi connectivity index (χ1v) is 10.2. The second-order valence-corrected chi connectivity index (χ2v) is 8.24. The molecule has 1 saturated heterocycles. The zero-order valence-electron chi connectivity index (χ0n) is 15.4. The fourth-order valence-electron chi connectivity index (χ4n) is 3.02. The lowest BCUT2D eigenvalue weighted by atomic mass is 10.2. The summed E-state index contributed by atoms with van der Waals surface area (Å²) in [6, 6.07) is 15.5. The molecule has 2 aromatic rings. The lowest BCUT2D eigenvalue weighted by molar-refractivity contribution is 0.0824. The third-order valence-corrected chi connectivity index (χ3v) is 6.03. The molecular weight excluding hydrogens is 366 g/mol. The number of nitrogens with zero attached hydrogens (tertiary/aromatic N) is 1. The van der Waals surface area contributed by atoms with E-state index in [-0.39, 0.29) is 11.5 Å². The predicted octanol–water partition coefficient (Wildman–Crippen LogP) is 3.50. The highest BCUT2D eigenvalue weighted by Crippen LogP contribution is 2.26. The van der Waals surface area contributed by atoms with Crippen LogP contribution < -0.4 is 0 Å². The summed E-state index contributed by atoms with van der Waals surface area (Å²) in [4.78, 5) is 14.0. The Morgan fingerprint density at radius 1 is 1.11 bits per heavy atom. The number of amides is 1. The molecule has 0 aromatic heterocycles. The molecule has 0 spiro atoms. The number of carbonyl (C=O) groups is 1. The standard InChI is InChI=1S/C20H23NO5S/c1-15-8-10-18(11-9-15)27(23,24)26-19-12-13-21(16(19)2)20(22)25-14-17-6-4-3-5-7-17/h3-11,16,19H,12-14H2,1-2H3. The molecule has 0 aliphatic carbocycles. The molecule has 2 unspecified atom stereocenters. The average molecular weight is 389 g/mol. The van der Waals surface area contributed by atoms with E-state index in [1.807, 2.05) is 37.3 Å². The molecule has 2 atom stereocenters. The topological polar surface area (TPSA) is 72.9 Å². The number of aryl methyl sites for hydroxylation is 1. The molecule has 6 nitrogen and oxygen atoms in total. The van der Waals surface area contributed by atoms with Crippen molar-refractivity contribution in [2.24, 2.45) is 0 Å². The maximum Gasteiger partial charge on any atom is 0.410 e. The SMILES string of the molecule is Cc1ccc(S(=O)(=O)OC2CCN(C(=O)OCc3ccccc3)C2C)cc1. The Bertz CT molecular complexity index is 880. The van der Waals surface area contributed by atoms with E-state index >= 15 is 0 Å². The van der Waals surface area contributed by atoms with Gasteiger partial charge in [-0.15, -0.1) is 0 Å². The molecule has 1 fully saturated rings. The van der Waals surface area contributed by atoms with Crippen molar-refractivity contribution in [3.8, 4) is 0 Å². The van der Waals surface area contributed by atoms with Gasteiger partial charge in [0, 0.05) is 6.54 Å². The van der Waals surface area contributed by atoms with Crippen molar-refractivity contribution in [1.82, 2.24) is 4.90 Å². The zero-order valence-corrected chi connectivity index (χ0v) is 16.2. The van der Waals surface area contributed by atoms with E-state index in [0.29, 0.717) is 13.0 Å². The van der Waals surface area contributed by atoms with Crippen LogP contribution in [0.2, 0.25) is 0 Å². The zero-order chi connectivity index (χ0) is 19.4. The minimum absolute atomic E-state index is 0.116. The summed E-state index contributed by atoms with van der Waals surface area (Å²) in [5.41, 5.74) is 1.86. The van der Waals surface area contributed by atoms with Gasteiger partial charge in [0.25, 0.3) is 10.1 Å². The molecule has 0 bridgehead atoms. The first-order valence-electron chi connectivity index (χ1n) is 8.84. The molecule has 1 heterocycles. The van der Waals surface area contributed by atoms with Gasteiger partial charge in [-0.2, -0.15) is 8.42 Å². The van der Waals surface area contributed by atoms with Crippen molar-refractivity contribution in [3.63, 3.8) is 0 Å². The molecule has 7 heteroatoms. The summed E-state index contributed by atoms with van der Waals surface area (Å²) >= 11 is 0. The van der Waals surface area contributed by atoms with Crippen molar-refractivity contribution < 1.29 is 22.1 Å². The molecule has 0 N–H and O–H groups in total. The number of hydrogen-bond acceptors (Lipinski definition) is 5. The molecule has 1 aliphatic heterocycles. The van der Waals surface area contributed by atoms with Crippen LogP contribution in [0.4, 0.5) is 4.79 Å². The molecule has 2 aromatic carbocycles. The Morgan fingerprint density at radius 3 is 2.44 bits per heavy atom. The summed E-state index contributed by atoms with van der Waals surface area (Å²) in [5.74, 6) is 0. The van der Waals surface area contributed by atoms with Crippen LogP contribution in [0.3, 0.4) is 0 Å². The van der Waals surface area contributed by atoms with Crippen LogP contribution >= 0.6 is 0 Å². The number of benzene rings is 2. The summed E-state index contributed by atoms with van der Waals surface area (Å²) in [6.45, 7) is 4.22. The number of ether oxygens (including phenoxy) is 1. The van der Waals surface area contributed by atoms with Crippen molar-refractivity contribution >= 4 is 16.2 Å². The molecule has 0 radical (unpaired) electrons. The van der Waals surface area contributed by atoms with Gasteiger partial charge in [-0.25, -0.2) is 4.79 Å². The Balaban J connectivity index is 1.59. The highest BCUT2D eigenvalue weighted by Gasteiger charge is 2.38. The van der Waals surface area contributed by atoms with E-state index in [9.17, 15) is 13.2 Å². The maximum atomic E-state index is 12.5. The van der Waals surface area contributed by atoms with Gasteiger partial charge in [0.15, 0.2) is 0 Å². The number of rotatable bonds is 5. The largest absolute Gasteiger partial charge is 0.445 e. The van der Waals surface area contributed by atoms with Crippen LogP contribution in [-0.2, 0) is 25.6 Å². The monoisotopic (exact) mass is 389 g/mol. The summed E-state index contributed by atoms with van der Waals surface area (Å²) in [6.07, 6.45) is -0.627. The maximum absolute atomic E-state index is 12.5. The second-order valence-electron chi connectivity index (χ2n) is 6.66. The molecule has 1 aliphatic rings. The first-order chi connectivity index (χ1) is 12.9. The summed E-state index contributed by atoms with van der Waals surface area (Å²) in [7, 11) is -3.88. The van der Waals surface area contributed by atoms with Crippen molar-refractivity contribution in [3.05, 3.63) is 65.7 Å². The predicted molar refractivity (Wildman–Crippen MR) is 101 cm³/mol. The van der Waals surface area contributed by atoms with E-state index in [1.54, 1.807) is 19.1 Å². The third kappa shape index (κ3) is 4.67. The van der Waals surface area contributed by atoms with E-state index < -0.39 is 28.4 Å². The van der Waals surface area contributed by atoms with Gasteiger partial charge in [0.2, 0.25) is 0 Å². The van der Waals surface area contributed by atoms with Crippen LogP contribution in [0.15, 0.2) is 59.5 Å². The molecule has 27 heavy (non-hydrogen) atoms. The summed E-state index contributed by atoms with van der Waals surface area (Å²) < 4.78 is 35.7. The van der Waals surface area contributed by atoms with E-state index in [2.05, 4.69) is 0 Å². The molecular formula is C20H23NO5S. The third-order valence-electron chi connectivity index (χ3n) is 4.68. The molecule has 1 amide bonds. The van der Waals surface area contributed by atoms with Gasteiger partial charge < -0.3 is 9.64 Å². The van der Waals surface area contributed by atoms with Crippen LogP contribution in [0.1, 0.15) is 24.5 Å². The highest BCUT2D eigenvalue weighted by molar-refractivity contribution is 7.86. The Morgan fingerprint density at radius 2 is 1.78 bits per heavy atom. The van der Waals surface area contributed by atoms with Crippen LogP contribution in [0.5, 0.6) is 0 Å². The van der Waals surface area contributed by atoms with Crippen molar-refractivity contribution in [2.45, 2.75) is 43.9 Å². The minimum atomic E-state index is -3.88. The molecule has 0 saturated carbocycles. The Kier molecular flexibility index (Phi) is 5.82. The second kappa shape index (κ2) is 8.10. The minimum Gasteiger partial charge on any atom is -0.445 e. The van der Waals surface area contributed by atoms with E-state index in [4.69, 9.17) is 8.92 Å². The quantitative estimate of drug-likeness (QED) is 0.732. The average Bonchev–Trinajstić information content (AvgIpc) is 3.01. The van der Waals surface area contributed by atoms with Crippen molar-refractivity contribution in [1.29, 1.82) is 0 Å². The van der Waals surface area contributed by atoms with E-state index in [1.165, 1.54) is 17.0 Å². The molecule has 144 valence electrons. The molecule has 3 rings (SSSR count). The Hall–Kier alpha value is -2.38. The van der Waals surface area contributed by atoms with Gasteiger partial charge in [-0.3, -0.25) is 4.18 Å². The van der Waals surface area contributed by atoms with Crippen molar-refractivity contribution in [2.75, 3.05) is 6.54 Å². The number of likely N-dealkylation sites (tertiary alicyclic amines) is 1. The fourth-order valence-corrected chi connectivity index (χ4v) is 4.19. The van der Waals surface area contributed by atoms with Crippen LogP contribution in [0, 0.1) is 6.92 Å². The van der Waals surface area contributed by atoms with Gasteiger partial charge >= 0.3 is 6.09 Å². The highest BCUT2D eigenvalue weighted by atomic mass is 32.2. The number of hydrogen-bond donors (Lipinski definition) is 0. The van der Waals surface area contributed by atoms with E-state index in [0.717, 1.165) is 11.1 Å². The van der Waals surface area contributed by atoms with Gasteiger partial charge in [0.05, 0.1) is 17.0 Å². The smallest absolute Gasteiger partial charge is 0.410 e. The van der Waals surface area contributed by atoms with Crippen LogP contribution in [0.25, 0.3) is 0 Å². The summed E-state index contributed by atoms with van der Waals surface area (Å²) in [5, 5.41) is 0. The van der Waals surface area contributed by atoms with Gasteiger partial charge in [-0.1, -0.05) is 48.0 Å². The van der Waals surface area contributed by atoms with Gasteiger partial charge in [0.1, 0.15) is 6.61 Å². The fraction of sp³-hybridized carbons (Fsp3) is 0.350. The van der Waals surface area contributed by atoms with Crippen LogP contribution in [-0.4, -0.2) is 38.1 Å². The number of carbonyl (C=O) groups excluding carboxylic acids is 1. The lowest BCUT2D eigenvalue weighted by Gasteiger charge is -2.24. The normalized spacial score (nSPS) is 19.9. The van der Waals surface area contributed by atoms with Gasteiger partial charge in [-0.05, 0) is 38.0 Å². The Labute approximate surface area is 159 Å². The first kappa shape index (κ1) is 19.4.